The zero-order valence-corrected chi connectivity index (χ0v) is 8.25. The Morgan fingerprint density at radius 2 is 2.00 bits per heavy atom. The summed E-state index contributed by atoms with van der Waals surface area (Å²) in [7, 11) is 0. The summed E-state index contributed by atoms with van der Waals surface area (Å²) in [5.41, 5.74) is 0. The second-order valence-corrected chi connectivity index (χ2v) is 3.56. The lowest BCUT2D eigenvalue weighted by atomic mass is 9.98. The number of carbonyl (C=O) groups is 1. The minimum Gasteiger partial charge on any atom is -0.298 e. The van der Waals surface area contributed by atoms with Crippen molar-refractivity contribution in [2.24, 2.45) is 0 Å². The zero-order chi connectivity index (χ0) is 9.52. The smallest absolute Gasteiger partial charge is 0.298 e. The second-order valence-electron chi connectivity index (χ2n) is 3.56. The van der Waals surface area contributed by atoms with Crippen molar-refractivity contribution in [1.29, 1.82) is 0 Å². The van der Waals surface area contributed by atoms with Crippen LogP contribution < -0.4 is 0 Å². The highest BCUT2D eigenvalue weighted by Crippen LogP contribution is 2.20. The summed E-state index contributed by atoms with van der Waals surface area (Å²) in [6.45, 7) is 1.95. The number of rotatable bonds is 4. The van der Waals surface area contributed by atoms with Gasteiger partial charge in [-0.3, -0.25) is 4.89 Å². The molecule has 0 unspecified atom stereocenters. The van der Waals surface area contributed by atoms with Crippen LogP contribution in [0.15, 0.2) is 0 Å². The molecule has 3 nitrogen and oxygen atoms in total. The van der Waals surface area contributed by atoms with E-state index in [1.807, 2.05) is 6.92 Å². The van der Waals surface area contributed by atoms with Gasteiger partial charge in [-0.2, -0.15) is 4.89 Å². The van der Waals surface area contributed by atoms with Crippen LogP contribution in [0.5, 0.6) is 0 Å². The van der Waals surface area contributed by atoms with Crippen molar-refractivity contribution in [2.75, 3.05) is 0 Å². The molecule has 0 spiro atoms. The van der Waals surface area contributed by atoms with E-state index >= 15 is 0 Å². The van der Waals surface area contributed by atoms with Crippen molar-refractivity contribution in [2.45, 2.75) is 58.0 Å². The van der Waals surface area contributed by atoms with Gasteiger partial charge in [-0.15, -0.1) is 0 Å². The standard InChI is InChI=1S/C10H18O3/c1-2-6-10(11)13-12-9-7-4-3-5-8-9/h9H,2-8H2,1H3. The van der Waals surface area contributed by atoms with Gasteiger partial charge in [-0.1, -0.05) is 26.2 Å². The summed E-state index contributed by atoms with van der Waals surface area (Å²) in [6, 6.07) is 0. The molecule has 0 heterocycles. The third-order valence-electron chi connectivity index (χ3n) is 2.28. The van der Waals surface area contributed by atoms with E-state index in [0.29, 0.717) is 6.42 Å². The van der Waals surface area contributed by atoms with Crippen molar-refractivity contribution in [3.63, 3.8) is 0 Å². The van der Waals surface area contributed by atoms with E-state index in [0.717, 1.165) is 19.3 Å². The van der Waals surface area contributed by atoms with Crippen LogP contribution in [0.25, 0.3) is 0 Å². The lowest BCUT2D eigenvalue weighted by Gasteiger charge is -2.19. The van der Waals surface area contributed by atoms with E-state index in [4.69, 9.17) is 4.89 Å². The Kier molecular flexibility index (Phi) is 4.83. The molecule has 0 N–H and O–H groups in total. The van der Waals surface area contributed by atoms with Crippen LogP contribution >= 0.6 is 0 Å². The average molecular weight is 186 g/mol. The van der Waals surface area contributed by atoms with E-state index < -0.39 is 0 Å². The first kappa shape index (κ1) is 10.5. The molecule has 0 atom stereocenters. The molecule has 3 heteroatoms. The summed E-state index contributed by atoms with van der Waals surface area (Å²) >= 11 is 0. The molecule has 0 saturated heterocycles. The van der Waals surface area contributed by atoms with Crippen LogP contribution in [-0.4, -0.2) is 12.1 Å². The normalized spacial score (nSPS) is 18.5. The topological polar surface area (TPSA) is 35.5 Å². The first-order valence-electron chi connectivity index (χ1n) is 5.19. The molecule has 0 amide bonds. The molecule has 0 aromatic rings. The van der Waals surface area contributed by atoms with Gasteiger partial charge < -0.3 is 0 Å². The molecule has 0 aliphatic heterocycles. The Morgan fingerprint density at radius 3 is 2.62 bits per heavy atom. The molecule has 0 bridgehead atoms. The van der Waals surface area contributed by atoms with Crippen molar-refractivity contribution < 1.29 is 14.6 Å². The van der Waals surface area contributed by atoms with Gasteiger partial charge in [0.2, 0.25) is 0 Å². The summed E-state index contributed by atoms with van der Waals surface area (Å²) in [5.74, 6) is -0.243. The molecule has 0 radical (unpaired) electrons. The minimum absolute atomic E-state index is 0.148. The van der Waals surface area contributed by atoms with E-state index in [1.165, 1.54) is 19.3 Å². The van der Waals surface area contributed by atoms with Crippen LogP contribution in [0, 0.1) is 0 Å². The van der Waals surface area contributed by atoms with Crippen LogP contribution in [0.4, 0.5) is 0 Å². The second kappa shape index (κ2) is 5.97. The Hall–Kier alpha value is -0.570. The van der Waals surface area contributed by atoms with Crippen molar-refractivity contribution in [3.8, 4) is 0 Å². The van der Waals surface area contributed by atoms with Gasteiger partial charge in [0.15, 0.2) is 0 Å². The maximum Gasteiger partial charge on any atom is 0.342 e. The van der Waals surface area contributed by atoms with E-state index in [9.17, 15) is 4.79 Å². The van der Waals surface area contributed by atoms with Gasteiger partial charge in [0.1, 0.15) is 6.10 Å². The summed E-state index contributed by atoms with van der Waals surface area (Å²) in [5, 5.41) is 0. The largest absolute Gasteiger partial charge is 0.342 e. The fourth-order valence-corrected chi connectivity index (χ4v) is 1.53. The highest BCUT2D eigenvalue weighted by Gasteiger charge is 2.16. The van der Waals surface area contributed by atoms with Crippen LogP contribution in [0.2, 0.25) is 0 Å². The molecule has 1 aliphatic rings. The molecule has 1 aliphatic carbocycles. The Balaban J connectivity index is 2.06. The Bertz CT molecular complexity index is 150. The molecular formula is C10H18O3. The fraction of sp³-hybridized carbons (Fsp3) is 0.900. The molecule has 1 fully saturated rings. The summed E-state index contributed by atoms with van der Waals surface area (Å²) < 4.78 is 0. The van der Waals surface area contributed by atoms with E-state index in [1.54, 1.807) is 0 Å². The SMILES string of the molecule is CCCC(=O)OOC1CCCCC1. The van der Waals surface area contributed by atoms with E-state index in [2.05, 4.69) is 4.89 Å². The predicted octanol–water partition coefficient (Wildman–Crippen LogP) is 2.59. The van der Waals surface area contributed by atoms with Gasteiger partial charge in [0.05, 0.1) is 0 Å². The molecular weight excluding hydrogens is 168 g/mol. The lowest BCUT2D eigenvalue weighted by molar-refractivity contribution is -0.302. The average Bonchev–Trinajstić information content (AvgIpc) is 2.17. The molecule has 0 aromatic heterocycles. The maximum atomic E-state index is 10.9. The van der Waals surface area contributed by atoms with Crippen LogP contribution in [0.1, 0.15) is 51.9 Å². The first-order valence-corrected chi connectivity index (χ1v) is 5.19. The quantitative estimate of drug-likeness (QED) is 0.500. The summed E-state index contributed by atoms with van der Waals surface area (Å²) in [6.07, 6.45) is 7.13. The summed E-state index contributed by atoms with van der Waals surface area (Å²) in [4.78, 5) is 20.7. The molecule has 1 rings (SSSR count). The highest BCUT2D eigenvalue weighted by atomic mass is 17.2. The van der Waals surface area contributed by atoms with Gasteiger partial charge >= 0.3 is 5.97 Å². The van der Waals surface area contributed by atoms with Gasteiger partial charge in [-0.05, 0) is 19.3 Å². The third-order valence-corrected chi connectivity index (χ3v) is 2.28. The maximum absolute atomic E-state index is 10.9. The van der Waals surface area contributed by atoms with Gasteiger partial charge in [-0.25, -0.2) is 4.79 Å². The third kappa shape index (κ3) is 4.27. The lowest BCUT2D eigenvalue weighted by Crippen LogP contribution is -2.19. The first-order chi connectivity index (χ1) is 6.33. The van der Waals surface area contributed by atoms with Crippen LogP contribution in [0.3, 0.4) is 0 Å². The molecule has 1 saturated carbocycles. The molecule has 13 heavy (non-hydrogen) atoms. The van der Waals surface area contributed by atoms with Gasteiger partial charge in [0.25, 0.3) is 0 Å². The highest BCUT2D eigenvalue weighted by molar-refractivity contribution is 5.68. The number of carbonyl (C=O) groups excluding carboxylic acids is 1. The number of hydrogen-bond acceptors (Lipinski definition) is 3. The van der Waals surface area contributed by atoms with Crippen LogP contribution in [-0.2, 0) is 14.6 Å². The molecule has 0 aromatic carbocycles. The van der Waals surface area contributed by atoms with Gasteiger partial charge in [0, 0.05) is 6.42 Å². The van der Waals surface area contributed by atoms with Crippen molar-refractivity contribution in [3.05, 3.63) is 0 Å². The monoisotopic (exact) mass is 186 g/mol. The Morgan fingerprint density at radius 1 is 1.31 bits per heavy atom. The van der Waals surface area contributed by atoms with E-state index in [-0.39, 0.29) is 12.1 Å². The zero-order valence-electron chi connectivity index (χ0n) is 8.25. The van der Waals surface area contributed by atoms with Crippen molar-refractivity contribution >= 4 is 5.97 Å². The Labute approximate surface area is 79.3 Å². The predicted molar refractivity (Wildman–Crippen MR) is 49.0 cm³/mol. The number of hydrogen-bond donors (Lipinski definition) is 0. The minimum atomic E-state index is -0.243. The molecule has 76 valence electrons. The van der Waals surface area contributed by atoms with Crippen molar-refractivity contribution in [1.82, 2.24) is 0 Å². The fourth-order valence-electron chi connectivity index (χ4n) is 1.53.